The summed E-state index contributed by atoms with van der Waals surface area (Å²) in [6.07, 6.45) is 32.3. The first-order chi connectivity index (χ1) is 23.9. The van der Waals surface area contributed by atoms with Crippen LogP contribution >= 0.6 is 12.3 Å². The van der Waals surface area contributed by atoms with Crippen LogP contribution in [0, 0.1) is 0 Å². The van der Waals surface area contributed by atoms with E-state index in [2.05, 4.69) is 19.2 Å². The van der Waals surface area contributed by atoms with Gasteiger partial charge >= 0.3 is 11.9 Å². The summed E-state index contributed by atoms with van der Waals surface area (Å²) in [5, 5.41) is 3.83. The van der Waals surface area contributed by atoms with E-state index >= 15 is 0 Å². The maximum absolute atomic E-state index is 12.6. The minimum Gasteiger partial charge on any atom is -0.462 e. The van der Waals surface area contributed by atoms with Gasteiger partial charge in [0.2, 0.25) is 0 Å². The van der Waals surface area contributed by atoms with E-state index in [1.54, 1.807) is 7.05 Å². The molecule has 0 aromatic rings. The summed E-state index contributed by atoms with van der Waals surface area (Å²) in [6.45, 7) is 4.54. The van der Waals surface area contributed by atoms with Crippen LogP contribution in [0.4, 0.5) is 0 Å². The molecule has 0 heterocycles. The molecular weight excluding hydrogens is 641 g/mol. The zero-order chi connectivity index (χ0) is 36.0. The second-order valence-corrected chi connectivity index (χ2v) is 14.1. The second kappa shape index (κ2) is 37.9. The highest BCUT2D eigenvalue weighted by Crippen LogP contribution is 2.16. The van der Waals surface area contributed by atoms with Gasteiger partial charge in [0.15, 0.2) is 18.4 Å². The number of ether oxygens (including phenoxy) is 2. The number of unbranched alkanes of at least 4 members (excludes halogenated alkanes) is 24. The maximum Gasteiger partial charge on any atom is 0.306 e. The molecule has 0 aliphatic heterocycles. The van der Waals surface area contributed by atoms with E-state index in [4.69, 9.17) is 17.9 Å². The lowest BCUT2D eigenvalue weighted by Crippen LogP contribution is -2.33. The molecule has 1 atom stereocenters. The van der Waals surface area contributed by atoms with E-state index in [0.29, 0.717) is 25.2 Å². The molecule has 9 nitrogen and oxygen atoms in total. The quantitative estimate of drug-likeness (QED) is 0.0289. The molecule has 290 valence electrons. The SMILES string of the molecule is CCCCCCCCCCCCCCCC(=O)OCC(COSON(C)C(=O)CNC)OC(=O)CCCCCCCCCCCCCCC. The highest BCUT2D eigenvalue weighted by Gasteiger charge is 2.19. The standard InChI is InChI=1S/C39H76N2O7S/c1-5-7-9-11-13-15-17-19-21-23-25-27-29-31-38(43)45-34-36(35-46-49-48-41(4)37(42)33-40-3)47-39(44)32-30-28-26-24-22-20-18-16-14-12-10-8-6-2/h36,40H,5-35H2,1-4H3. The van der Waals surface area contributed by atoms with Gasteiger partial charge in [0.05, 0.1) is 6.54 Å². The fraction of sp³-hybridized carbons (Fsp3) is 0.923. The number of likely N-dealkylation sites (N-methyl/N-ethyl adjacent to an activating group) is 2. The summed E-state index contributed by atoms with van der Waals surface area (Å²) in [5.41, 5.74) is 0. The molecule has 0 aromatic heterocycles. The third kappa shape index (κ3) is 34.9. The third-order valence-electron chi connectivity index (χ3n) is 8.82. The highest BCUT2D eigenvalue weighted by atomic mass is 32.2. The fourth-order valence-electron chi connectivity index (χ4n) is 5.67. The van der Waals surface area contributed by atoms with Crippen molar-refractivity contribution in [1.82, 2.24) is 10.4 Å². The lowest BCUT2D eigenvalue weighted by Gasteiger charge is -2.19. The number of carbonyl (C=O) groups excluding carboxylic acids is 3. The number of nitrogens with one attached hydrogen (secondary N) is 1. The molecule has 1 N–H and O–H groups in total. The van der Waals surface area contributed by atoms with Gasteiger partial charge < -0.3 is 14.8 Å². The molecule has 0 saturated heterocycles. The zero-order valence-electron chi connectivity index (χ0n) is 32.2. The number of hydroxylamine groups is 2. The van der Waals surface area contributed by atoms with Crippen LogP contribution in [-0.2, 0) is 32.3 Å². The minimum absolute atomic E-state index is 0.0327. The van der Waals surface area contributed by atoms with Gasteiger partial charge in [-0.1, -0.05) is 168 Å². The number of esters is 2. The van der Waals surface area contributed by atoms with Crippen LogP contribution in [0.1, 0.15) is 194 Å². The Kier molecular flexibility index (Phi) is 36.8. The summed E-state index contributed by atoms with van der Waals surface area (Å²) >= 11 is 0.620. The van der Waals surface area contributed by atoms with E-state index < -0.39 is 6.10 Å². The van der Waals surface area contributed by atoms with Gasteiger partial charge in [0.25, 0.3) is 5.91 Å². The van der Waals surface area contributed by atoms with Gasteiger partial charge in [0, 0.05) is 19.9 Å². The number of nitrogens with zero attached hydrogens (tertiary/aromatic N) is 1. The Hall–Kier alpha value is -1.36. The molecular formula is C39H76N2O7S. The van der Waals surface area contributed by atoms with Crippen molar-refractivity contribution < 1.29 is 32.3 Å². The van der Waals surface area contributed by atoms with Crippen molar-refractivity contribution in [3.05, 3.63) is 0 Å². The Balaban J connectivity index is 4.22. The molecule has 49 heavy (non-hydrogen) atoms. The van der Waals surface area contributed by atoms with E-state index in [1.807, 2.05) is 0 Å². The molecule has 10 heteroatoms. The number of carbonyl (C=O) groups is 3. The van der Waals surface area contributed by atoms with Crippen molar-refractivity contribution >= 4 is 30.2 Å². The Morgan fingerprint density at radius 2 is 0.959 bits per heavy atom. The maximum atomic E-state index is 12.6. The second-order valence-electron chi connectivity index (χ2n) is 13.6. The molecule has 0 rings (SSSR count). The summed E-state index contributed by atoms with van der Waals surface area (Å²) in [7, 11) is 3.16. The molecule has 1 amide bonds. The molecule has 0 fully saturated rings. The van der Waals surface area contributed by atoms with Crippen molar-refractivity contribution in [3.63, 3.8) is 0 Å². The zero-order valence-corrected chi connectivity index (χ0v) is 33.0. The summed E-state index contributed by atoms with van der Waals surface area (Å²) in [4.78, 5) is 36.8. The summed E-state index contributed by atoms with van der Waals surface area (Å²) in [6, 6.07) is 0. The predicted octanol–water partition coefficient (Wildman–Crippen LogP) is 10.6. The van der Waals surface area contributed by atoms with Crippen molar-refractivity contribution in [2.24, 2.45) is 0 Å². The molecule has 0 radical (unpaired) electrons. The Labute approximate surface area is 305 Å². The molecule has 0 bridgehead atoms. The monoisotopic (exact) mass is 717 g/mol. The number of amides is 1. The number of rotatable bonds is 38. The van der Waals surface area contributed by atoms with Gasteiger partial charge in [-0.15, -0.1) is 0 Å². The average Bonchev–Trinajstić information content (AvgIpc) is 3.09. The Bertz CT molecular complexity index is 759. The molecule has 0 aliphatic rings. The van der Waals surface area contributed by atoms with E-state index in [9.17, 15) is 14.4 Å². The largest absolute Gasteiger partial charge is 0.462 e. The highest BCUT2D eigenvalue weighted by molar-refractivity contribution is 7.89. The molecule has 0 aliphatic carbocycles. The molecule has 1 unspecified atom stereocenters. The minimum atomic E-state index is -0.750. The molecule has 0 spiro atoms. The topological polar surface area (TPSA) is 103 Å². The van der Waals surface area contributed by atoms with Gasteiger partial charge in [-0.05, 0) is 19.9 Å². The number of hydrogen-bond donors (Lipinski definition) is 1. The lowest BCUT2D eigenvalue weighted by molar-refractivity contribution is -0.161. The first-order valence-corrected chi connectivity index (χ1v) is 20.8. The summed E-state index contributed by atoms with van der Waals surface area (Å²) in [5.74, 6) is -0.875. The lowest BCUT2D eigenvalue weighted by atomic mass is 10.0. The predicted molar refractivity (Wildman–Crippen MR) is 203 cm³/mol. The Morgan fingerprint density at radius 1 is 0.571 bits per heavy atom. The van der Waals surface area contributed by atoms with E-state index in [0.717, 1.165) is 43.6 Å². The van der Waals surface area contributed by atoms with Crippen LogP contribution in [0.3, 0.4) is 0 Å². The first kappa shape index (κ1) is 47.6. The van der Waals surface area contributed by atoms with Crippen molar-refractivity contribution in [2.45, 2.75) is 200 Å². The van der Waals surface area contributed by atoms with Crippen molar-refractivity contribution in [2.75, 3.05) is 33.9 Å². The van der Waals surface area contributed by atoms with Gasteiger partial charge in [-0.2, -0.15) is 4.28 Å². The van der Waals surface area contributed by atoms with Gasteiger partial charge in [-0.3, -0.25) is 18.6 Å². The first-order valence-electron chi connectivity index (χ1n) is 20.2. The van der Waals surface area contributed by atoms with Crippen LogP contribution in [0.15, 0.2) is 0 Å². The number of hydrogen-bond acceptors (Lipinski definition) is 9. The normalized spacial score (nSPS) is 11.8. The van der Waals surface area contributed by atoms with Crippen molar-refractivity contribution in [1.29, 1.82) is 0 Å². The average molecular weight is 717 g/mol. The van der Waals surface area contributed by atoms with E-state index in [-0.39, 0.29) is 37.6 Å². The van der Waals surface area contributed by atoms with Gasteiger partial charge in [-0.25, -0.2) is 5.06 Å². The fourth-order valence-corrected chi connectivity index (χ4v) is 6.09. The Morgan fingerprint density at radius 3 is 1.37 bits per heavy atom. The molecule has 0 aromatic carbocycles. The van der Waals surface area contributed by atoms with Crippen LogP contribution in [0.2, 0.25) is 0 Å². The summed E-state index contributed by atoms with van der Waals surface area (Å²) < 4.78 is 21.7. The van der Waals surface area contributed by atoms with Crippen LogP contribution in [0.5, 0.6) is 0 Å². The smallest absolute Gasteiger partial charge is 0.306 e. The van der Waals surface area contributed by atoms with Gasteiger partial charge in [0.1, 0.15) is 13.2 Å². The van der Waals surface area contributed by atoms with Crippen LogP contribution in [-0.4, -0.2) is 62.9 Å². The van der Waals surface area contributed by atoms with Crippen molar-refractivity contribution in [3.8, 4) is 0 Å². The van der Waals surface area contributed by atoms with Crippen LogP contribution < -0.4 is 5.32 Å². The molecule has 0 saturated carbocycles. The van der Waals surface area contributed by atoms with Crippen LogP contribution in [0.25, 0.3) is 0 Å². The van der Waals surface area contributed by atoms with E-state index in [1.165, 1.54) is 135 Å². The third-order valence-corrected chi connectivity index (χ3v) is 9.34.